The largest absolute Gasteiger partial charge is 0.351 e. The van der Waals surface area contributed by atoms with Crippen molar-refractivity contribution in [1.82, 2.24) is 5.32 Å². The van der Waals surface area contributed by atoms with E-state index in [4.69, 9.17) is 11.6 Å². The van der Waals surface area contributed by atoms with Gasteiger partial charge in [-0.2, -0.15) is 0 Å². The van der Waals surface area contributed by atoms with E-state index in [2.05, 4.69) is 5.32 Å². The second kappa shape index (κ2) is 6.24. The number of hydrogen-bond donors (Lipinski definition) is 1. The van der Waals surface area contributed by atoms with E-state index in [1.807, 2.05) is 17.5 Å². The van der Waals surface area contributed by atoms with Crippen LogP contribution in [0.4, 0.5) is 0 Å². The lowest BCUT2D eigenvalue weighted by Gasteiger charge is -2.14. The minimum absolute atomic E-state index is 0.0438. The van der Waals surface area contributed by atoms with Crippen molar-refractivity contribution in [3.05, 3.63) is 22.4 Å². The van der Waals surface area contributed by atoms with E-state index in [9.17, 15) is 13.2 Å². The summed E-state index contributed by atoms with van der Waals surface area (Å²) in [6.07, 6.45) is 2.04. The molecule has 0 spiro atoms. The van der Waals surface area contributed by atoms with Crippen molar-refractivity contribution in [3.8, 4) is 0 Å². The Morgan fingerprint density at radius 3 is 2.84 bits per heavy atom. The van der Waals surface area contributed by atoms with Crippen LogP contribution in [-0.4, -0.2) is 37.2 Å². The topological polar surface area (TPSA) is 63.2 Å². The fraction of sp³-hybridized carbons (Fsp3) is 0.583. The summed E-state index contributed by atoms with van der Waals surface area (Å²) in [6.45, 7) is 0. The summed E-state index contributed by atoms with van der Waals surface area (Å²) < 4.78 is 22.7. The molecule has 7 heteroatoms. The highest BCUT2D eigenvalue weighted by atomic mass is 35.5. The molecule has 1 amide bonds. The Kier molecular flexibility index (Phi) is 4.86. The standard InChI is InChI=1S/C12H16ClNO3S2/c13-10-7-19(16,17)8-11(10)14-12(15)5-1-3-9-4-2-6-18-9/h2,4,6,10-11H,1,3,5,7-8H2,(H,14,15). The van der Waals surface area contributed by atoms with Crippen LogP contribution in [0.3, 0.4) is 0 Å². The van der Waals surface area contributed by atoms with Gasteiger partial charge in [-0.15, -0.1) is 22.9 Å². The average Bonchev–Trinajstić information content (AvgIpc) is 2.87. The first kappa shape index (κ1) is 14.8. The summed E-state index contributed by atoms with van der Waals surface area (Å²) in [6, 6.07) is 3.59. The van der Waals surface area contributed by atoms with Crippen molar-refractivity contribution >= 4 is 38.7 Å². The van der Waals surface area contributed by atoms with Crippen LogP contribution < -0.4 is 5.32 Å². The van der Waals surface area contributed by atoms with Gasteiger partial charge in [-0.1, -0.05) is 6.07 Å². The van der Waals surface area contributed by atoms with E-state index in [-0.39, 0.29) is 17.4 Å². The quantitative estimate of drug-likeness (QED) is 0.838. The molecule has 0 bridgehead atoms. The number of halogens is 1. The molecular formula is C12H16ClNO3S2. The number of alkyl halides is 1. The van der Waals surface area contributed by atoms with Gasteiger partial charge < -0.3 is 5.32 Å². The molecule has 4 nitrogen and oxygen atoms in total. The van der Waals surface area contributed by atoms with Crippen molar-refractivity contribution in [2.45, 2.75) is 30.7 Å². The highest BCUT2D eigenvalue weighted by molar-refractivity contribution is 7.91. The normalized spacial score (nSPS) is 25.3. The van der Waals surface area contributed by atoms with Crippen LogP contribution in [0, 0.1) is 0 Å². The first-order chi connectivity index (χ1) is 8.96. The molecule has 1 aromatic rings. The van der Waals surface area contributed by atoms with E-state index in [0.717, 1.165) is 12.8 Å². The number of aryl methyl sites for hydroxylation is 1. The molecule has 2 atom stereocenters. The highest BCUT2D eigenvalue weighted by Gasteiger charge is 2.37. The van der Waals surface area contributed by atoms with Crippen LogP contribution in [-0.2, 0) is 21.1 Å². The Balaban J connectivity index is 1.73. The third kappa shape index (κ3) is 4.47. The lowest BCUT2D eigenvalue weighted by atomic mass is 10.2. The van der Waals surface area contributed by atoms with Gasteiger partial charge in [0.15, 0.2) is 9.84 Å². The Morgan fingerprint density at radius 2 is 2.26 bits per heavy atom. The molecule has 2 rings (SSSR count). The van der Waals surface area contributed by atoms with Gasteiger partial charge in [0.1, 0.15) is 0 Å². The van der Waals surface area contributed by atoms with E-state index >= 15 is 0 Å². The van der Waals surface area contributed by atoms with Crippen LogP contribution in [0.1, 0.15) is 17.7 Å². The van der Waals surface area contributed by atoms with Crippen LogP contribution >= 0.6 is 22.9 Å². The fourth-order valence-corrected chi connectivity index (χ4v) is 5.40. The zero-order valence-corrected chi connectivity index (χ0v) is 12.7. The van der Waals surface area contributed by atoms with Gasteiger partial charge in [0.05, 0.1) is 22.9 Å². The highest BCUT2D eigenvalue weighted by Crippen LogP contribution is 2.18. The molecular weight excluding hydrogens is 306 g/mol. The first-order valence-electron chi connectivity index (χ1n) is 6.12. The second-order valence-corrected chi connectivity index (χ2v) is 8.45. The molecule has 0 aliphatic carbocycles. The zero-order chi connectivity index (χ0) is 13.9. The van der Waals surface area contributed by atoms with Crippen molar-refractivity contribution in [3.63, 3.8) is 0 Å². The monoisotopic (exact) mass is 321 g/mol. The lowest BCUT2D eigenvalue weighted by Crippen LogP contribution is -2.40. The Labute approximate surface area is 122 Å². The molecule has 1 saturated heterocycles. The van der Waals surface area contributed by atoms with Crippen molar-refractivity contribution in [2.24, 2.45) is 0 Å². The van der Waals surface area contributed by atoms with Crippen LogP contribution in [0.2, 0.25) is 0 Å². The summed E-state index contributed by atoms with van der Waals surface area (Å²) in [5, 5.41) is 4.22. The van der Waals surface area contributed by atoms with Crippen molar-refractivity contribution in [2.75, 3.05) is 11.5 Å². The molecule has 0 aromatic carbocycles. The number of thiophene rings is 1. The van der Waals surface area contributed by atoms with Gasteiger partial charge >= 0.3 is 0 Å². The molecule has 1 aromatic heterocycles. The Hall–Kier alpha value is -0.590. The van der Waals surface area contributed by atoms with E-state index in [0.29, 0.717) is 6.42 Å². The molecule has 1 aliphatic rings. The van der Waals surface area contributed by atoms with Gasteiger partial charge in [0, 0.05) is 11.3 Å². The molecule has 106 valence electrons. The molecule has 1 aliphatic heterocycles. The number of carbonyl (C=O) groups is 1. The summed E-state index contributed by atoms with van der Waals surface area (Å²) in [5.41, 5.74) is 0. The number of rotatable bonds is 5. The number of sulfone groups is 1. The summed E-state index contributed by atoms with van der Waals surface area (Å²) >= 11 is 7.61. The maximum atomic E-state index is 11.7. The first-order valence-corrected chi connectivity index (χ1v) is 9.26. The van der Waals surface area contributed by atoms with Gasteiger partial charge in [0.25, 0.3) is 0 Å². The smallest absolute Gasteiger partial charge is 0.220 e. The predicted octanol–water partition coefficient (Wildman–Crippen LogP) is 1.59. The lowest BCUT2D eigenvalue weighted by molar-refractivity contribution is -0.121. The minimum atomic E-state index is -3.09. The summed E-state index contributed by atoms with van der Waals surface area (Å²) in [7, 11) is -3.09. The third-order valence-electron chi connectivity index (χ3n) is 3.04. The molecule has 0 radical (unpaired) electrons. The predicted molar refractivity (Wildman–Crippen MR) is 77.5 cm³/mol. The number of amides is 1. The van der Waals surface area contributed by atoms with Crippen LogP contribution in [0.15, 0.2) is 17.5 Å². The van der Waals surface area contributed by atoms with Crippen LogP contribution in [0.5, 0.6) is 0 Å². The molecule has 2 unspecified atom stereocenters. The number of hydrogen-bond acceptors (Lipinski definition) is 4. The molecule has 2 heterocycles. The summed E-state index contributed by atoms with van der Waals surface area (Å²) in [4.78, 5) is 13.0. The molecule has 1 N–H and O–H groups in total. The average molecular weight is 322 g/mol. The number of nitrogens with one attached hydrogen (secondary N) is 1. The van der Waals surface area contributed by atoms with Gasteiger partial charge in [-0.05, 0) is 24.3 Å². The maximum Gasteiger partial charge on any atom is 0.220 e. The third-order valence-corrected chi connectivity index (χ3v) is 6.35. The minimum Gasteiger partial charge on any atom is -0.351 e. The van der Waals surface area contributed by atoms with Crippen LogP contribution in [0.25, 0.3) is 0 Å². The number of carbonyl (C=O) groups excluding carboxylic acids is 1. The van der Waals surface area contributed by atoms with Crippen molar-refractivity contribution < 1.29 is 13.2 Å². The maximum absolute atomic E-state index is 11.7. The molecule has 1 fully saturated rings. The fourth-order valence-electron chi connectivity index (χ4n) is 2.09. The van der Waals surface area contributed by atoms with Gasteiger partial charge in [-0.3, -0.25) is 4.79 Å². The Morgan fingerprint density at radius 1 is 1.47 bits per heavy atom. The van der Waals surface area contributed by atoms with Crippen molar-refractivity contribution in [1.29, 1.82) is 0 Å². The van der Waals surface area contributed by atoms with E-state index in [1.165, 1.54) is 4.88 Å². The van der Waals surface area contributed by atoms with Gasteiger partial charge in [-0.25, -0.2) is 8.42 Å². The Bertz CT molecular complexity index is 527. The molecule has 0 saturated carbocycles. The summed E-state index contributed by atoms with van der Waals surface area (Å²) in [5.74, 6) is -0.212. The SMILES string of the molecule is O=C(CCCc1cccs1)NC1CS(=O)(=O)CC1Cl. The van der Waals surface area contributed by atoms with E-state index < -0.39 is 21.3 Å². The molecule has 19 heavy (non-hydrogen) atoms. The zero-order valence-electron chi connectivity index (χ0n) is 10.3. The van der Waals surface area contributed by atoms with Gasteiger partial charge in [0.2, 0.25) is 5.91 Å². The second-order valence-electron chi connectivity index (χ2n) is 4.70. The van der Waals surface area contributed by atoms with E-state index in [1.54, 1.807) is 11.3 Å².